The maximum absolute atomic E-state index is 11.9. The molecule has 1 aromatic heterocycles. The number of amides is 1. The van der Waals surface area contributed by atoms with Crippen molar-refractivity contribution in [2.45, 2.75) is 12.1 Å². The number of carbonyl (C=O) groups excluding carboxylic acids is 1. The zero-order valence-corrected chi connectivity index (χ0v) is 12.8. The highest BCUT2D eigenvalue weighted by atomic mass is 35.5. The number of nitrogens with zero attached hydrogens (tertiary/aromatic N) is 2. The van der Waals surface area contributed by atoms with Gasteiger partial charge >= 0.3 is 0 Å². The Balaban J connectivity index is 1.97. The highest BCUT2D eigenvalue weighted by Gasteiger charge is 2.09. The number of anilines is 3. The van der Waals surface area contributed by atoms with Crippen molar-refractivity contribution in [2.24, 2.45) is 0 Å². The number of hydrogen-bond acceptors (Lipinski definition) is 6. The Bertz CT molecular complexity index is 659. The number of rotatable bonds is 4. The Morgan fingerprint density at radius 2 is 2.00 bits per heavy atom. The van der Waals surface area contributed by atoms with Gasteiger partial charge < -0.3 is 16.8 Å². The molecule has 6 nitrogen and oxygen atoms in total. The maximum atomic E-state index is 11.9. The molecule has 0 unspecified atom stereocenters. The van der Waals surface area contributed by atoms with Crippen LogP contribution >= 0.6 is 23.4 Å². The summed E-state index contributed by atoms with van der Waals surface area (Å²) >= 11 is 7.16. The van der Waals surface area contributed by atoms with E-state index >= 15 is 0 Å². The van der Waals surface area contributed by atoms with Crippen LogP contribution in [0.5, 0.6) is 0 Å². The van der Waals surface area contributed by atoms with Crippen LogP contribution in [0.2, 0.25) is 5.02 Å². The Labute approximate surface area is 131 Å². The van der Waals surface area contributed by atoms with Crippen LogP contribution in [0.3, 0.4) is 0 Å². The van der Waals surface area contributed by atoms with Crippen LogP contribution in [0, 0.1) is 6.92 Å². The van der Waals surface area contributed by atoms with Gasteiger partial charge in [-0.1, -0.05) is 29.4 Å². The molecular weight excluding hydrogens is 310 g/mol. The smallest absolute Gasteiger partial charge is 0.234 e. The largest absolute Gasteiger partial charge is 0.383 e. The summed E-state index contributed by atoms with van der Waals surface area (Å²) in [5.74, 6) is 0.511. The van der Waals surface area contributed by atoms with Gasteiger partial charge in [0.1, 0.15) is 11.6 Å². The van der Waals surface area contributed by atoms with Crippen LogP contribution in [0.4, 0.5) is 17.3 Å². The molecule has 1 amide bonds. The van der Waals surface area contributed by atoms with E-state index < -0.39 is 0 Å². The quantitative estimate of drug-likeness (QED) is 0.589. The second-order valence-electron chi connectivity index (χ2n) is 4.25. The fourth-order valence-electron chi connectivity index (χ4n) is 1.59. The van der Waals surface area contributed by atoms with Crippen LogP contribution in [-0.4, -0.2) is 21.6 Å². The molecule has 110 valence electrons. The summed E-state index contributed by atoms with van der Waals surface area (Å²) < 4.78 is 0. The number of benzene rings is 1. The highest BCUT2D eigenvalue weighted by molar-refractivity contribution is 7.99. The summed E-state index contributed by atoms with van der Waals surface area (Å²) in [5, 5.41) is 3.76. The summed E-state index contributed by atoms with van der Waals surface area (Å²) in [4.78, 5) is 19.9. The minimum atomic E-state index is -0.185. The Morgan fingerprint density at radius 3 is 2.67 bits per heavy atom. The van der Waals surface area contributed by atoms with Crippen molar-refractivity contribution in [3.05, 3.63) is 34.9 Å². The number of nitrogens with one attached hydrogen (secondary N) is 1. The van der Waals surface area contributed by atoms with Gasteiger partial charge in [-0.05, 0) is 24.6 Å². The topological polar surface area (TPSA) is 107 Å². The second-order valence-corrected chi connectivity index (χ2v) is 5.60. The lowest BCUT2D eigenvalue weighted by molar-refractivity contribution is -0.113. The molecular formula is C13H14ClN5OS. The predicted molar refractivity (Wildman–Crippen MR) is 86.4 cm³/mol. The first-order valence-electron chi connectivity index (χ1n) is 6.03. The molecule has 1 heterocycles. The molecule has 0 aliphatic rings. The van der Waals surface area contributed by atoms with E-state index in [-0.39, 0.29) is 23.3 Å². The molecule has 0 saturated heterocycles. The van der Waals surface area contributed by atoms with Crippen LogP contribution in [0.15, 0.2) is 29.4 Å². The van der Waals surface area contributed by atoms with Gasteiger partial charge in [0.05, 0.1) is 5.75 Å². The number of aromatic nitrogens is 2. The molecule has 0 radical (unpaired) electrons. The first-order valence-corrected chi connectivity index (χ1v) is 7.40. The van der Waals surface area contributed by atoms with Crippen molar-refractivity contribution in [2.75, 3.05) is 22.5 Å². The Kier molecular flexibility index (Phi) is 4.87. The number of thioether (sulfide) groups is 1. The minimum Gasteiger partial charge on any atom is -0.383 e. The molecule has 0 aliphatic heterocycles. The van der Waals surface area contributed by atoms with Crippen LogP contribution in [0.1, 0.15) is 5.56 Å². The molecule has 2 aromatic rings. The minimum absolute atomic E-state index is 0.148. The molecule has 1 aromatic carbocycles. The lowest BCUT2D eigenvalue weighted by Gasteiger charge is -2.09. The van der Waals surface area contributed by atoms with Crippen molar-refractivity contribution in [1.29, 1.82) is 0 Å². The number of hydrogen-bond donors (Lipinski definition) is 3. The molecule has 0 saturated carbocycles. The number of nitrogen functional groups attached to an aromatic ring is 2. The van der Waals surface area contributed by atoms with E-state index in [0.29, 0.717) is 15.9 Å². The SMILES string of the molecule is Cc1c(Cl)cccc1NC(=O)CSc1nc(N)cc(N)n1. The van der Waals surface area contributed by atoms with E-state index in [2.05, 4.69) is 15.3 Å². The summed E-state index contributed by atoms with van der Waals surface area (Å²) in [7, 11) is 0. The third kappa shape index (κ3) is 4.24. The molecule has 0 spiro atoms. The van der Waals surface area contributed by atoms with Crippen molar-refractivity contribution in [1.82, 2.24) is 9.97 Å². The van der Waals surface area contributed by atoms with E-state index in [4.69, 9.17) is 23.1 Å². The summed E-state index contributed by atoms with van der Waals surface area (Å²) in [6.07, 6.45) is 0. The van der Waals surface area contributed by atoms with Crippen LogP contribution < -0.4 is 16.8 Å². The van der Waals surface area contributed by atoms with E-state index in [1.807, 2.05) is 6.92 Å². The van der Waals surface area contributed by atoms with Crippen LogP contribution in [0.25, 0.3) is 0 Å². The third-order valence-electron chi connectivity index (χ3n) is 2.62. The molecule has 0 bridgehead atoms. The lowest BCUT2D eigenvalue weighted by Crippen LogP contribution is -2.15. The number of nitrogens with two attached hydrogens (primary N) is 2. The fourth-order valence-corrected chi connectivity index (χ4v) is 2.43. The first-order chi connectivity index (χ1) is 9.95. The zero-order chi connectivity index (χ0) is 15.4. The van der Waals surface area contributed by atoms with E-state index in [1.54, 1.807) is 18.2 Å². The normalized spacial score (nSPS) is 10.4. The first kappa shape index (κ1) is 15.4. The second kappa shape index (κ2) is 6.64. The summed E-state index contributed by atoms with van der Waals surface area (Å²) in [5.41, 5.74) is 12.6. The molecule has 21 heavy (non-hydrogen) atoms. The van der Waals surface area contributed by atoms with E-state index in [0.717, 1.165) is 17.3 Å². The van der Waals surface area contributed by atoms with Crippen molar-refractivity contribution in [3.8, 4) is 0 Å². The van der Waals surface area contributed by atoms with Gasteiger partial charge in [-0.25, -0.2) is 9.97 Å². The standard InChI is InChI=1S/C13H14ClN5OS/c1-7-8(14)3-2-4-9(7)17-12(20)6-21-13-18-10(15)5-11(16)19-13/h2-5H,6H2,1H3,(H,17,20)(H4,15,16,18,19). The predicted octanol–water partition coefficient (Wildman–Crippen LogP) is 2.33. The lowest BCUT2D eigenvalue weighted by atomic mass is 10.2. The fraction of sp³-hybridized carbons (Fsp3) is 0.154. The van der Waals surface area contributed by atoms with Crippen molar-refractivity contribution >= 4 is 46.6 Å². The van der Waals surface area contributed by atoms with Gasteiger partial charge in [0, 0.05) is 16.8 Å². The Hall–Kier alpha value is -1.99. The van der Waals surface area contributed by atoms with Gasteiger partial charge in [0.15, 0.2) is 5.16 Å². The van der Waals surface area contributed by atoms with Gasteiger partial charge in [-0.2, -0.15) is 0 Å². The molecule has 0 atom stereocenters. The van der Waals surface area contributed by atoms with Crippen molar-refractivity contribution < 1.29 is 4.79 Å². The maximum Gasteiger partial charge on any atom is 0.234 e. The summed E-state index contributed by atoms with van der Waals surface area (Å²) in [6, 6.07) is 6.79. The van der Waals surface area contributed by atoms with Gasteiger partial charge in [-0.15, -0.1) is 0 Å². The number of carbonyl (C=O) groups is 1. The average molecular weight is 324 g/mol. The molecule has 5 N–H and O–H groups in total. The van der Waals surface area contributed by atoms with Gasteiger partial charge in [0.2, 0.25) is 5.91 Å². The van der Waals surface area contributed by atoms with Crippen LogP contribution in [-0.2, 0) is 4.79 Å². The monoisotopic (exact) mass is 323 g/mol. The molecule has 0 aliphatic carbocycles. The molecule has 0 fully saturated rings. The van der Waals surface area contributed by atoms with E-state index in [1.165, 1.54) is 6.07 Å². The van der Waals surface area contributed by atoms with Gasteiger partial charge in [0.25, 0.3) is 0 Å². The average Bonchev–Trinajstić information content (AvgIpc) is 2.41. The van der Waals surface area contributed by atoms with E-state index in [9.17, 15) is 4.79 Å². The highest BCUT2D eigenvalue weighted by Crippen LogP contribution is 2.23. The number of halogens is 1. The Morgan fingerprint density at radius 1 is 1.33 bits per heavy atom. The molecule has 8 heteroatoms. The van der Waals surface area contributed by atoms with Crippen molar-refractivity contribution in [3.63, 3.8) is 0 Å². The zero-order valence-electron chi connectivity index (χ0n) is 11.3. The van der Waals surface area contributed by atoms with Gasteiger partial charge in [-0.3, -0.25) is 4.79 Å². The molecule has 2 rings (SSSR count). The third-order valence-corrected chi connectivity index (χ3v) is 3.88. The summed E-state index contributed by atoms with van der Waals surface area (Å²) in [6.45, 7) is 1.84.